The number of rotatable bonds is 21. The number of Topliss-reactive ketones (excluding diaryl/α,β-unsaturated/α-hetero) is 1. The number of benzene rings is 2. The lowest BCUT2D eigenvalue weighted by Crippen LogP contribution is -2.36. The Bertz CT molecular complexity index is 2000. The summed E-state index contributed by atoms with van der Waals surface area (Å²) in [6.07, 6.45) is 12.0. The van der Waals surface area contributed by atoms with Crippen molar-refractivity contribution >= 4 is 33.5 Å². The second-order valence-electron chi connectivity index (χ2n) is 17.4. The minimum absolute atomic E-state index is 0.0796. The van der Waals surface area contributed by atoms with Crippen molar-refractivity contribution in [2.75, 3.05) is 26.4 Å². The molecule has 2 aromatic carbocycles. The van der Waals surface area contributed by atoms with E-state index in [4.69, 9.17) is 9.47 Å². The summed E-state index contributed by atoms with van der Waals surface area (Å²) in [5, 5.41) is 9.32. The van der Waals surface area contributed by atoms with Crippen molar-refractivity contribution in [2.24, 2.45) is 16.7 Å². The fourth-order valence-corrected chi connectivity index (χ4v) is 7.06. The Hall–Kier alpha value is -4.43. The predicted molar refractivity (Wildman–Crippen MR) is 226 cm³/mol. The summed E-state index contributed by atoms with van der Waals surface area (Å²) in [5.74, 6) is 0.392. The molecular formula is C47H64N4O4. The molecule has 4 aromatic rings. The first-order valence-electron chi connectivity index (χ1n) is 20.3. The van der Waals surface area contributed by atoms with Gasteiger partial charge in [0, 0.05) is 68.9 Å². The molecule has 1 aliphatic rings. The number of aryl methyl sites for hydroxylation is 1. The SMILES string of the molecule is C=C(CCC(C)NC(=O)c1c(OCC(C)(C)COCC(C)(C)CNC(CCc2ccc3c(c2)[nH]c2ccncc23)=C2CCC2)cccc1C(C)=O)C(C)CC. The van der Waals surface area contributed by atoms with E-state index in [1.807, 2.05) is 25.4 Å². The van der Waals surface area contributed by atoms with E-state index in [1.54, 1.807) is 23.8 Å². The minimum atomic E-state index is -0.339. The van der Waals surface area contributed by atoms with Crippen molar-refractivity contribution in [1.82, 2.24) is 20.6 Å². The first kappa shape index (κ1) is 41.7. The number of aromatic nitrogens is 2. The average molecular weight is 749 g/mol. The van der Waals surface area contributed by atoms with Crippen molar-refractivity contribution < 1.29 is 19.1 Å². The molecule has 1 saturated carbocycles. The zero-order valence-corrected chi connectivity index (χ0v) is 34.6. The van der Waals surface area contributed by atoms with Gasteiger partial charge in [0.15, 0.2) is 5.78 Å². The largest absolute Gasteiger partial charge is 0.492 e. The standard InChI is InChI=1S/C47H64N4O4/c1-10-31(2)32(3)17-18-33(4)50-45(53)44-37(34(5)52)15-12-16-43(44)55-30-47(8,9)29-54-28-46(6,7)27-49-40(36-13-11-14-36)22-20-35-19-21-38-39-26-48-24-23-41(39)51-42(38)25-35/h12,15-16,19,21,23-26,31,33,49,51H,3,10-11,13-14,17-18,20,22,27-30H2,1-2,4-9H3,(H,50,53). The molecule has 2 atom stereocenters. The number of carbonyl (C=O) groups is 2. The van der Waals surface area contributed by atoms with Gasteiger partial charge in [0.2, 0.25) is 0 Å². The quantitative estimate of drug-likeness (QED) is 0.0579. The molecule has 0 aliphatic heterocycles. The number of allylic oxidation sites excluding steroid dienone is 3. The molecule has 0 spiro atoms. The van der Waals surface area contributed by atoms with Crippen LogP contribution in [0.5, 0.6) is 5.75 Å². The van der Waals surface area contributed by atoms with Crippen LogP contribution in [-0.4, -0.2) is 54.1 Å². The first-order chi connectivity index (χ1) is 26.2. The van der Waals surface area contributed by atoms with Crippen LogP contribution in [0.15, 0.2) is 78.3 Å². The van der Waals surface area contributed by atoms with E-state index < -0.39 is 0 Å². The third kappa shape index (κ3) is 11.3. The number of aromatic amines is 1. The molecule has 2 heterocycles. The van der Waals surface area contributed by atoms with E-state index in [-0.39, 0.29) is 28.6 Å². The second kappa shape index (κ2) is 18.5. The molecule has 0 bridgehead atoms. The van der Waals surface area contributed by atoms with Gasteiger partial charge in [-0.3, -0.25) is 14.6 Å². The van der Waals surface area contributed by atoms with Gasteiger partial charge in [-0.05, 0) is 94.9 Å². The Labute approximate surface area is 328 Å². The number of fused-ring (bicyclic) bond motifs is 3. The molecule has 2 aromatic heterocycles. The minimum Gasteiger partial charge on any atom is -0.492 e. The number of hydrogen-bond acceptors (Lipinski definition) is 6. The summed E-state index contributed by atoms with van der Waals surface area (Å²) in [6, 6.07) is 13.9. The summed E-state index contributed by atoms with van der Waals surface area (Å²) in [4.78, 5) is 34.1. The smallest absolute Gasteiger partial charge is 0.255 e. The number of ketones is 1. The van der Waals surface area contributed by atoms with Crippen LogP contribution in [0.25, 0.3) is 21.8 Å². The van der Waals surface area contributed by atoms with Crippen LogP contribution in [0, 0.1) is 16.7 Å². The molecule has 296 valence electrons. The number of H-pyrrole nitrogens is 1. The topological polar surface area (TPSA) is 105 Å². The van der Waals surface area contributed by atoms with Crippen LogP contribution in [0.3, 0.4) is 0 Å². The van der Waals surface area contributed by atoms with Gasteiger partial charge in [-0.15, -0.1) is 0 Å². The third-order valence-corrected chi connectivity index (χ3v) is 11.1. The molecule has 1 aliphatic carbocycles. The van der Waals surface area contributed by atoms with Gasteiger partial charge in [0.25, 0.3) is 5.91 Å². The Morgan fingerprint density at radius 1 is 0.964 bits per heavy atom. The number of nitrogens with zero attached hydrogens (tertiary/aromatic N) is 1. The fraction of sp³-hybridized carbons (Fsp3) is 0.511. The predicted octanol–water partition coefficient (Wildman–Crippen LogP) is 10.5. The molecule has 3 N–H and O–H groups in total. The van der Waals surface area contributed by atoms with Crippen LogP contribution in [0.4, 0.5) is 0 Å². The number of pyridine rings is 1. The lowest BCUT2D eigenvalue weighted by Gasteiger charge is -2.31. The Balaban J connectivity index is 1.12. The van der Waals surface area contributed by atoms with Gasteiger partial charge >= 0.3 is 0 Å². The summed E-state index contributed by atoms with van der Waals surface area (Å²) in [5.41, 5.74) is 7.96. The van der Waals surface area contributed by atoms with E-state index in [0.717, 1.165) is 55.1 Å². The number of hydrogen-bond donors (Lipinski definition) is 3. The summed E-state index contributed by atoms with van der Waals surface area (Å²) >= 11 is 0. The lowest BCUT2D eigenvalue weighted by molar-refractivity contribution is -0.000662. The van der Waals surface area contributed by atoms with Crippen LogP contribution >= 0.6 is 0 Å². The fourth-order valence-electron chi connectivity index (χ4n) is 7.06. The number of nitrogens with one attached hydrogen (secondary N) is 3. The highest BCUT2D eigenvalue weighted by Gasteiger charge is 2.27. The molecule has 55 heavy (non-hydrogen) atoms. The molecule has 8 heteroatoms. The average Bonchev–Trinajstić information content (AvgIpc) is 3.50. The zero-order valence-electron chi connectivity index (χ0n) is 34.6. The molecule has 8 nitrogen and oxygen atoms in total. The molecule has 1 fully saturated rings. The molecule has 2 unspecified atom stereocenters. The van der Waals surface area contributed by atoms with E-state index in [9.17, 15) is 9.59 Å². The van der Waals surface area contributed by atoms with E-state index in [0.29, 0.717) is 42.6 Å². The highest BCUT2D eigenvalue weighted by Crippen LogP contribution is 2.32. The summed E-state index contributed by atoms with van der Waals surface area (Å²) in [6.45, 7) is 23.0. The Morgan fingerprint density at radius 3 is 2.44 bits per heavy atom. The van der Waals surface area contributed by atoms with Gasteiger partial charge in [-0.1, -0.05) is 83.5 Å². The van der Waals surface area contributed by atoms with Crippen molar-refractivity contribution in [2.45, 2.75) is 113 Å². The highest BCUT2D eigenvalue weighted by molar-refractivity contribution is 6.09. The maximum absolute atomic E-state index is 13.6. The maximum atomic E-state index is 13.6. The van der Waals surface area contributed by atoms with E-state index in [1.165, 1.54) is 48.4 Å². The number of ether oxygens (including phenoxy) is 2. The Kier molecular flexibility index (Phi) is 14.0. The van der Waals surface area contributed by atoms with E-state index in [2.05, 4.69) is 86.9 Å². The molecule has 5 rings (SSSR count). The normalized spacial score (nSPS) is 14.4. The van der Waals surface area contributed by atoms with Crippen LogP contribution in [-0.2, 0) is 11.2 Å². The highest BCUT2D eigenvalue weighted by atomic mass is 16.5. The second-order valence-corrected chi connectivity index (χ2v) is 17.4. The zero-order chi connectivity index (χ0) is 39.8. The van der Waals surface area contributed by atoms with Crippen molar-refractivity contribution in [3.05, 3.63) is 95.0 Å². The number of amides is 1. The molecule has 0 radical (unpaired) electrons. The number of carbonyl (C=O) groups excluding carboxylic acids is 2. The molecular weight excluding hydrogens is 685 g/mol. The lowest BCUT2D eigenvalue weighted by atomic mass is 9.87. The monoisotopic (exact) mass is 748 g/mol. The molecule has 1 amide bonds. The molecule has 0 saturated heterocycles. The Morgan fingerprint density at radius 2 is 1.73 bits per heavy atom. The van der Waals surface area contributed by atoms with Gasteiger partial charge in [0.05, 0.1) is 25.4 Å². The van der Waals surface area contributed by atoms with Gasteiger partial charge in [-0.2, -0.15) is 0 Å². The van der Waals surface area contributed by atoms with Crippen LogP contribution < -0.4 is 15.4 Å². The van der Waals surface area contributed by atoms with Crippen molar-refractivity contribution in [3.63, 3.8) is 0 Å². The van der Waals surface area contributed by atoms with Crippen molar-refractivity contribution in [1.29, 1.82) is 0 Å². The van der Waals surface area contributed by atoms with E-state index >= 15 is 0 Å². The first-order valence-corrected chi connectivity index (χ1v) is 20.3. The van der Waals surface area contributed by atoms with Gasteiger partial charge in [0.1, 0.15) is 5.75 Å². The third-order valence-electron chi connectivity index (χ3n) is 11.1. The van der Waals surface area contributed by atoms with Crippen LogP contribution in [0.1, 0.15) is 127 Å². The van der Waals surface area contributed by atoms with Gasteiger partial charge < -0.3 is 25.1 Å². The maximum Gasteiger partial charge on any atom is 0.255 e. The van der Waals surface area contributed by atoms with Crippen LogP contribution in [0.2, 0.25) is 0 Å². The summed E-state index contributed by atoms with van der Waals surface area (Å²) < 4.78 is 12.7. The van der Waals surface area contributed by atoms with Gasteiger partial charge in [-0.25, -0.2) is 0 Å². The summed E-state index contributed by atoms with van der Waals surface area (Å²) in [7, 11) is 0. The van der Waals surface area contributed by atoms with Crippen molar-refractivity contribution in [3.8, 4) is 5.75 Å².